The van der Waals surface area contributed by atoms with Gasteiger partial charge in [0, 0.05) is 13.1 Å². The van der Waals surface area contributed by atoms with Crippen molar-refractivity contribution in [2.24, 2.45) is 0 Å². The smallest absolute Gasteiger partial charge is 0.260 e. The van der Waals surface area contributed by atoms with Gasteiger partial charge in [-0.1, -0.05) is 12.1 Å². The predicted octanol–water partition coefficient (Wildman–Crippen LogP) is 2.02. The molecule has 1 aliphatic rings. The second-order valence-corrected chi connectivity index (χ2v) is 4.93. The van der Waals surface area contributed by atoms with Crippen molar-refractivity contribution < 1.29 is 9.53 Å². The van der Waals surface area contributed by atoms with Crippen LogP contribution in [0.5, 0.6) is 5.88 Å². The van der Waals surface area contributed by atoms with Crippen LogP contribution in [0.15, 0.2) is 30.6 Å². The lowest BCUT2D eigenvalue weighted by molar-refractivity contribution is -0.134. The van der Waals surface area contributed by atoms with Crippen LogP contribution in [0.1, 0.15) is 19.3 Å². The molecule has 0 aliphatic carbocycles. The van der Waals surface area contributed by atoms with Gasteiger partial charge in [-0.25, -0.2) is 9.97 Å². The van der Waals surface area contributed by atoms with Crippen LogP contribution in [0.25, 0.3) is 10.9 Å². The van der Waals surface area contributed by atoms with Crippen molar-refractivity contribution in [2.45, 2.75) is 19.3 Å². The van der Waals surface area contributed by atoms with E-state index < -0.39 is 0 Å². The first kappa shape index (κ1) is 12.8. The molecule has 5 heteroatoms. The molecule has 1 amide bonds. The van der Waals surface area contributed by atoms with E-state index in [0.29, 0.717) is 5.88 Å². The van der Waals surface area contributed by atoms with E-state index in [1.807, 2.05) is 29.2 Å². The van der Waals surface area contributed by atoms with Crippen LogP contribution in [-0.2, 0) is 4.79 Å². The zero-order chi connectivity index (χ0) is 13.8. The van der Waals surface area contributed by atoms with Crippen LogP contribution in [0.3, 0.4) is 0 Å². The minimum Gasteiger partial charge on any atom is -0.467 e. The summed E-state index contributed by atoms with van der Waals surface area (Å²) >= 11 is 0. The van der Waals surface area contributed by atoms with E-state index in [2.05, 4.69) is 9.97 Å². The number of piperidine rings is 1. The molecule has 3 rings (SSSR count). The highest BCUT2D eigenvalue weighted by molar-refractivity contribution is 5.84. The number of carbonyl (C=O) groups is 1. The first-order valence-corrected chi connectivity index (χ1v) is 6.95. The quantitative estimate of drug-likeness (QED) is 0.857. The summed E-state index contributed by atoms with van der Waals surface area (Å²) in [5, 5.41) is 0.835. The summed E-state index contributed by atoms with van der Waals surface area (Å²) in [5.74, 6) is 0.508. The summed E-state index contributed by atoms with van der Waals surface area (Å²) in [4.78, 5) is 22.2. The van der Waals surface area contributed by atoms with Crippen molar-refractivity contribution in [2.75, 3.05) is 19.7 Å². The van der Waals surface area contributed by atoms with Gasteiger partial charge in [-0.2, -0.15) is 0 Å². The Balaban J connectivity index is 1.69. The van der Waals surface area contributed by atoms with Gasteiger partial charge in [0.25, 0.3) is 5.91 Å². The average molecular weight is 271 g/mol. The molecule has 0 radical (unpaired) electrons. The summed E-state index contributed by atoms with van der Waals surface area (Å²) in [6, 6.07) is 7.62. The molecule has 2 heterocycles. The Bertz CT molecular complexity index is 604. The van der Waals surface area contributed by atoms with E-state index in [1.54, 1.807) is 0 Å². The molecular formula is C15H17N3O2. The second kappa shape index (κ2) is 5.86. The lowest BCUT2D eigenvalue weighted by Gasteiger charge is -2.26. The van der Waals surface area contributed by atoms with Gasteiger partial charge in [0.1, 0.15) is 6.33 Å². The maximum Gasteiger partial charge on any atom is 0.260 e. The molecule has 2 aromatic rings. The van der Waals surface area contributed by atoms with Crippen molar-refractivity contribution in [1.82, 2.24) is 14.9 Å². The summed E-state index contributed by atoms with van der Waals surface area (Å²) in [7, 11) is 0. The molecule has 1 aromatic carbocycles. The zero-order valence-electron chi connectivity index (χ0n) is 11.3. The fourth-order valence-corrected chi connectivity index (χ4v) is 2.46. The molecule has 5 nitrogen and oxygen atoms in total. The number of ether oxygens (including phenoxy) is 1. The fraction of sp³-hybridized carbons (Fsp3) is 0.400. The molecule has 0 unspecified atom stereocenters. The number of carbonyl (C=O) groups excluding carboxylic acids is 1. The van der Waals surface area contributed by atoms with Crippen LogP contribution in [-0.4, -0.2) is 40.5 Å². The molecule has 1 aliphatic heterocycles. The van der Waals surface area contributed by atoms with Gasteiger partial charge < -0.3 is 9.64 Å². The normalized spacial score (nSPS) is 15.3. The number of likely N-dealkylation sites (tertiary alicyclic amines) is 1. The first-order valence-electron chi connectivity index (χ1n) is 6.95. The van der Waals surface area contributed by atoms with Crippen LogP contribution >= 0.6 is 0 Å². The highest BCUT2D eigenvalue weighted by Gasteiger charge is 2.17. The van der Waals surface area contributed by atoms with Gasteiger partial charge in [0.2, 0.25) is 5.88 Å². The van der Waals surface area contributed by atoms with E-state index in [-0.39, 0.29) is 12.5 Å². The number of rotatable bonds is 3. The summed E-state index contributed by atoms with van der Waals surface area (Å²) in [6.07, 6.45) is 4.84. The van der Waals surface area contributed by atoms with Gasteiger partial charge in [0.05, 0.1) is 10.9 Å². The van der Waals surface area contributed by atoms with E-state index >= 15 is 0 Å². The van der Waals surface area contributed by atoms with E-state index in [1.165, 1.54) is 12.7 Å². The van der Waals surface area contributed by atoms with E-state index in [9.17, 15) is 4.79 Å². The molecule has 0 bridgehead atoms. The third kappa shape index (κ3) is 2.71. The number of nitrogens with zero attached hydrogens (tertiary/aromatic N) is 3. The number of fused-ring (bicyclic) bond motifs is 1. The SMILES string of the molecule is O=C(COc1ncnc2ccccc12)N1CCCCC1. The van der Waals surface area contributed by atoms with Crippen molar-refractivity contribution in [3.8, 4) is 5.88 Å². The van der Waals surface area contributed by atoms with Gasteiger partial charge in [-0.05, 0) is 31.4 Å². The fourth-order valence-electron chi connectivity index (χ4n) is 2.46. The van der Waals surface area contributed by atoms with Gasteiger partial charge >= 0.3 is 0 Å². The number of para-hydroxylation sites is 1. The Hall–Kier alpha value is -2.17. The largest absolute Gasteiger partial charge is 0.467 e. The Kier molecular flexibility index (Phi) is 3.76. The van der Waals surface area contributed by atoms with Crippen molar-refractivity contribution >= 4 is 16.8 Å². The van der Waals surface area contributed by atoms with E-state index in [0.717, 1.165) is 36.8 Å². The molecule has 104 valence electrons. The molecule has 1 aromatic heterocycles. The number of hydrogen-bond acceptors (Lipinski definition) is 4. The third-order valence-electron chi connectivity index (χ3n) is 3.55. The molecule has 1 saturated heterocycles. The average Bonchev–Trinajstić information content (AvgIpc) is 2.53. The van der Waals surface area contributed by atoms with Crippen LogP contribution in [0.2, 0.25) is 0 Å². The number of amides is 1. The molecular weight excluding hydrogens is 254 g/mol. The molecule has 1 fully saturated rings. The Morgan fingerprint density at radius 1 is 1.15 bits per heavy atom. The number of aromatic nitrogens is 2. The molecule has 0 spiro atoms. The summed E-state index contributed by atoms with van der Waals surface area (Å²) < 4.78 is 5.59. The van der Waals surface area contributed by atoms with Crippen molar-refractivity contribution in [3.63, 3.8) is 0 Å². The molecule has 0 atom stereocenters. The Labute approximate surface area is 117 Å². The minimum absolute atomic E-state index is 0.0346. The van der Waals surface area contributed by atoms with Gasteiger partial charge in [-0.15, -0.1) is 0 Å². The summed E-state index contributed by atoms with van der Waals surface area (Å²) in [5.41, 5.74) is 0.822. The maximum absolute atomic E-state index is 12.1. The Morgan fingerprint density at radius 2 is 1.95 bits per heavy atom. The third-order valence-corrected chi connectivity index (χ3v) is 3.55. The predicted molar refractivity (Wildman–Crippen MR) is 75.5 cm³/mol. The lowest BCUT2D eigenvalue weighted by atomic mass is 10.1. The van der Waals surface area contributed by atoms with Crippen LogP contribution in [0.4, 0.5) is 0 Å². The Morgan fingerprint density at radius 3 is 2.80 bits per heavy atom. The van der Waals surface area contributed by atoms with Crippen LogP contribution in [0, 0.1) is 0 Å². The van der Waals surface area contributed by atoms with Crippen molar-refractivity contribution in [1.29, 1.82) is 0 Å². The second-order valence-electron chi connectivity index (χ2n) is 4.93. The standard InChI is InChI=1S/C15H17N3O2/c19-14(18-8-4-1-5-9-18)10-20-15-12-6-2-3-7-13(12)16-11-17-15/h2-3,6-7,11H,1,4-5,8-10H2. The maximum atomic E-state index is 12.1. The topological polar surface area (TPSA) is 55.3 Å². The van der Waals surface area contributed by atoms with Gasteiger partial charge in [0.15, 0.2) is 6.61 Å². The highest BCUT2D eigenvalue weighted by Crippen LogP contribution is 2.20. The highest BCUT2D eigenvalue weighted by atomic mass is 16.5. The monoisotopic (exact) mass is 271 g/mol. The molecule has 0 N–H and O–H groups in total. The number of benzene rings is 1. The summed E-state index contributed by atoms with van der Waals surface area (Å²) in [6.45, 7) is 1.72. The molecule has 20 heavy (non-hydrogen) atoms. The minimum atomic E-state index is 0.0346. The first-order chi connectivity index (χ1) is 9.84. The van der Waals surface area contributed by atoms with Gasteiger partial charge in [-0.3, -0.25) is 4.79 Å². The molecule has 0 saturated carbocycles. The number of hydrogen-bond donors (Lipinski definition) is 0. The zero-order valence-corrected chi connectivity index (χ0v) is 11.3. The van der Waals surface area contributed by atoms with E-state index in [4.69, 9.17) is 4.74 Å². The van der Waals surface area contributed by atoms with Crippen LogP contribution < -0.4 is 4.74 Å². The van der Waals surface area contributed by atoms with Crippen molar-refractivity contribution in [3.05, 3.63) is 30.6 Å². The lowest BCUT2D eigenvalue weighted by Crippen LogP contribution is -2.38.